The van der Waals surface area contributed by atoms with Crippen LogP contribution < -0.4 is 5.32 Å². The predicted molar refractivity (Wildman–Crippen MR) is 100 cm³/mol. The van der Waals surface area contributed by atoms with E-state index in [1.807, 2.05) is 4.90 Å². The molecule has 0 bridgehead atoms. The lowest BCUT2D eigenvalue weighted by Crippen LogP contribution is -2.40. The van der Waals surface area contributed by atoms with Crippen molar-refractivity contribution in [3.05, 3.63) is 35.4 Å². The number of carbonyl (C=O) groups is 2. The second kappa shape index (κ2) is 6.82. The summed E-state index contributed by atoms with van der Waals surface area (Å²) in [6, 6.07) is 8.55. The normalized spacial score (nSPS) is 30.2. The third-order valence-electron chi connectivity index (χ3n) is 6.50. The van der Waals surface area contributed by atoms with Crippen molar-refractivity contribution in [2.24, 2.45) is 17.8 Å². The molecule has 2 saturated heterocycles. The lowest BCUT2D eigenvalue weighted by atomic mass is 9.84. The number of amides is 2. The Bertz CT molecular complexity index is 735. The van der Waals surface area contributed by atoms with Crippen LogP contribution in [0.2, 0.25) is 0 Å². The number of hydrogen-bond acceptors (Lipinski definition) is 4. The van der Waals surface area contributed by atoms with Crippen LogP contribution in [0, 0.1) is 17.8 Å². The molecule has 0 spiro atoms. The number of carbonyl (C=O) groups excluding carboxylic acids is 2. The fraction of sp³-hybridized carbons (Fsp3) is 0.619. The molecule has 4 rings (SSSR count). The third-order valence-corrected chi connectivity index (χ3v) is 6.50. The second-order valence-electron chi connectivity index (χ2n) is 8.77. The molecular formula is C21H28N2O4. The summed E-state index contributed by atoms with van der Waals surface area (Å²) in [4.78, 5) is 26.0. The maximum Gasteiger partial charge on any atom is 0.407 e. The van der Waals surface area contributed by atoms with Gasteiger partial charge in [-0.3, -0.25) is 4.79 Å². The molecule has 6 heteroatoms. The highest BCUT2D eigenvalue weighted by Gasteiger charge is 2.57. The molecule has 2 aliphatic heterocycles. The third kappa shape index (κ3) is 3.43. The van der Waals surface area contributed by atoms with Crippen LogP contribution in [0.1, 0.15) is 37.3 Å². The van der Waals surface area contributed by atoms with E-state index in [9.17, 15) is 14.7 Å². The van der Waals surface area contributed by atoms with Crippen molar-refractivity contribution in [2.45, 2.75) is 31.6 Å². The van der Waals surface area contributed by atoms with Crippen LogP contribution in [0.5, 0.6) is 0 Å². The van der Waals surface area contributed by atoms with Gasteiger partial charge in [-0.05, 0) is 35.3 Å². The van der Waals surface area contributed by atoms with Crippen molar-refractivity contribution in [1.29, 1.82) is 0 Å². The maximum absolute atomic E-state index is 12.8. The van der Waals surface area contributed by atoms with Gasteiger partial charge in [0.1, 0.15) is 0 Å². The van der Waals surface area contributed by atoms with Gasteiger partial charge in [0.05, 0.1) is 19.1 Å². The van der Waals surface area contributed by atoms with Crippen LogP contribution in [-0.4, -0.2) is 54.9 Å². The lowest BCUT2D eigenvalue weighted by Gasteiger charge is -2.25. The zero-order valence-corrected chi connectivity index (χ0v) is 16.0. The van der Waals surface area contributed by atoms with Crippen LogP contribution in [0.15, 0.2) is 24.3 Å². The number of likely N-dealkylation sites (tertiary alicyclic amines) is 1. The van der Waals surface area contributed by atoms with E-state index in [1.165, 1.54) is 5.56 Å². The van der Waals surface area contributed by atoms with E-state index < -0.39 is 6.09 Å². The first-order valence-electron chi connectivity index (χ1n) is 9.81. The topological polar surface area (TPSA) is 78.9 Å². The van der Waals surface area contributed by atoms with Crippen molar-refractivity contribution >= 4 is 12.0 Å². The molecule has 1 aromatic carbocycles. The van der Waals surface area contributed by atoms with Crippen LogP contribution >= 0.6 is 0 Å². The smallest absolute Gasteiger partial charge is 0.407 e. The van der Waals surface area contributed by atoms with Gasteiger partial charge in [0.25, 0.3) is 0 Å². The number of benzene rings is 1. The van der Waals surface area contributed by atoms with Crippen molar-refractivity contribution in [3.63, 3.8) is 0 Å². The summed E-state index contributed by atoms with van der Waals surface area (Å²) in [5.74, 6) is 1.53. The SMILES string of the molecule is CC(C)(CO)c1cccc([C@H]2[C@@H]3CN(C(=O)[C@@H]4CCOC(=O)NC4)C[C@@H]32)c1. The number of ether oxygens (including phenoxy) is 1. The fourth-order valence-corrected chi connectivity index (χ4v) is 4.58. The highest BCUT2D eigenvalue weighted by Crippen LogP contribution is 2.58. The molecule has 1 aliphatic carbocycles. The number of nitrogens with one attached hydrogen (secondary N) is 1. The van der Waals surface area contributed by atoms with Crippen molar-refractivity contribution in [2.75, 3.05) is 32.8 Å². The quantitative estimate of drug-likeness (QED) is 0.846. The Morgan fingerprint density at radius 1 is 1.33 bits per heavy atom. The van der Waals surface area contributed by atoms with E-state index in [1.54, 1.807) is 0 Å². The molecule has 6 nitrogen and oxygen atoms in total. The number of cyclic esters (lactones) is 1. The van der Waals surface area contributed by atoms with E-state index in [4.69, 9.17) is 4.74 Å². The highest BCUT2D eigenvalue weighted by molar-refractivity contribution is 5.81. The number of nitrogens with zero attached hydrogens (tertiary/aromatic N) is 1. The molecule has 1 saturated carbocycles. The summed E-state index contributed by atoms with van der Waals surface area (Å²) in [5, 5.41) is 12.3. The fourth-order valence-electron chi connectivity index (χ4n) is 4.58. The molecule has 27 heavy (non-hydrogen) atoms. The van der Waals surface area contributed by atoms with Gasteiger partial charge >= 0.3 is 6.09 Å². The Kier molecular flexibility index (Phi) is 4.62. The Hall–Kier alpha value is -2.08. The average Bonchev–Trinajstić information content (AvgIpc) is 3.26. The minimum atomic E-state index is -0.430. The number of fused-ring (bicyclic) bond motifs is 1. The summed E-state index contributed by atoms with van der Waals surface area (Å²) in [6.45, 7) is 6.49. The first-order valence-corrected chi connectivity index (χ1v) is 9.81. The summed E-state index contributed by atoms with van der Waals surface area (Å²) in [6.07, 6.45) is 0.158. The average molecular weight is 372 g/mol. The molecule has 2 N–H and O–H groups in total. The van der Waals surface area contributed by atoms with Crippen molar-refractivity contribution in [1.82, 2.24) is 10.2 Å². The molecule has 3 fully saturated rings. The van der Waals surface area contributed by atoms with Crippen molar-refractivity contribution < 1.29 is 19.4 Å². The largest absolute Gasteiger partial charge is 0.450 e. The van der Waals surface area contributed by atoms with Gasteiger partial charge in [-0.15, -0.1) is 0 Å². The monoisotopic (exact) mass is 372 g/mol. The van der Waals surface area contributed by atoms with E-state index >= 15 is 0 Å². The minimum Gasteiger partial charge on any atom is -0.450 e. The molecule has 0 aromatic heterocycles. The number of rotatable bonds is 4. The number of aliphatic hydroxyl groups is 1. The van der Waals surface area contributed by atoms with Gasteiger partial charge in [0, 0.05) is 25.0 Å². The number of piperidine rings is 1. The molecular weight excluding hydrogens is 344 g/mol. The van der Waals surface area contributed by atoms with Crippen LogP contribution in [0.25, 0.3) is 0 Å². The molecule has 146 valence electrons. The summed E-state index contributed by atoms with van der Waals surface area (Å²) >= 11 is 0. The highest BCUT2D eigenvalue weighted by atomic mass is 16.5. The van der Waals surface area contributed by atoms with E-state index in [0.717, 1.165) is 18.7 Å². The van der Waals surface area contributed by atoms with Gasteiger partial charge in [-0.2, -0.15) is 0 Å². The molecule has 3 aliphatic rings. The van der Waals surface area contributed by atoms with Gasteiger partial charge < -0.3 is 20.1 Å². The summed E-state index contributed by atoms with van der Waals surface area (Å²) in [7, 11) is 0. The molecule has 2 amide bonds. The molecule has 0 unspecified atom stereocenters. The van der Waals surface area contributed by atoms with Crippen molar-refractivity contribution in [3.8, 4) is 0 Å². The standard InChI is InChI=1S/C21H28N2O4/c1-21(2,12-24)15-5-3-4-13(8-15)18-16-10-23(11-17(16)18)19(25)14-6-7-27-20(26)22-9-14/h3-5,8,14,16-18,24H,6-7,9-12H2,1-2H3,(H,22,26)/t14-,16-,17+,18+/m1/s1. The minimum absolute atomic E-state index is 0.123. The zero-order chi connectivity index (χ0) is 19.2. The number of aliphatic hydroxyl groups excluding tert-OH is 1. The number of alkyl carbamates (subject to hydrolysis) is 1. The summed E-state index contributed by atoms with van der Waals surface area (Å²) < 4.78 is 4.96. The van der Waals surface area contributed by atoms with E-state index in [2.05, 4.69) is 43.4 Å². The van der Waals surface area contributed by atoms with Gasteiger partial charge in [-0.1, -0.05) is 38.1 Å². The lowest BCUT2D eigenvalue weighted by molar-refractivity contribution is -0.135. The first-order chi connectivity index (χ1) is 12.9. The molecule has 1 aromatic rings. The van der Waals surface area contributed by atoms with Gasteiger partial charge in [0.2, 0.25) is 5.91 Å². The van der Waals surface area contributed by atoms with Gasteiger partial charge in [0.15, 0.2) is 0 Å². The van der Waals surface area contributed by atoms with Crippen LogP contribution in [0.3, 0.4) is 0 Å². The Morgan fingerprint density at radius 2 is 2.07 bits per heavy atom. The molecule has 0 radical (unpaired) electrons. The Balaban J connectivity index is 1.38. The van der Waals surface area contributed by atoms with E-state index in [0.29, 0.717) is 37.3 Å². The Morgan fingerprint density at radius 3 is 2.78 bits per heavy atom. The number of hydrogen-bond donors (Lipinski definition) is 2. The van der Waals surface area contributed by atoms with Crippen LogP contribution in [0.4, 0.5) is 4.79 Å². The van der Waals surface area contributed by atoms with E-state index in [-0.39, 0.29) is 23.8 Å². The predicted octanol–water partition coefficient (Wildman–Crippen LogP) is 1.87. The van der Waals surface area contributed by atoms with Gasteiger partial charge in [-0.25, -0.2) is 4.79 Å². The molecule has 2 heterocycles. The maximum atomic E-state index is 12.8. The molecule has 4 atom stereocenters. The second-order valence-corrected chi connectivity index (χ2v) is 8.77. The van der Waals surface area contributed by atoms with Crippen LogP contribution in [-0.2, 0) is 14.9 Å². The zero-order valence-electron chi connectivity index (χ0n) is 16.0. The first kappa shape index (κ1) is 18.3. The summed E-state index contributed by atoms with van der Waals surface area (Å²) in [5.41, 5.74) is 2.24. The Labute approximate surface area is 159 Å².